The van der Waals surface area contributed by atoms with Crippen molar-refractivity contribution < 1.29 is 17.9 Å². The second-order valence-corrected chi connectivity index (χ2v) is 8.23. The number of ether oxygens (including phenoxy) is 1. The van der Waals surface area contributed by atoms with Gasteiger partial charge in [-0.2, -0.15) is 0 Å². The van der Waals surface area contributed by atoms with E-state index in [2.05, 4.69) is 13.8 Å². The van der Waals surface area contributed by atoms with Gasteiger partial charge in [-0.25, -0.2) is 13.1 Å². The maximum Gasteiger partial charge on any atom is 0.273 e. The maximum atomic E-state index is 12.0. The Balaban J connectivity index is 2.56. The predicted octanol–water partition coefficient (Wildman–Crippen LogP) is 2.31. The fraction of sp³-hybridized carbons (Fsp3) is 0.615. The van der Waals surface area contributed by atoms with Gasteiger partial charge >= 0.3 is 0 Å². The van der Waals surface area contributed by atoms with Gasteiger partial charge < -0.3 is 4.74 Å². The third kappa shape index (κ3) is 5.22. The molecule has 0 unspecified atom stereocenters. The van der Waals surface area contributed by atoms with Crippen LogP contribution in [0.4, 0.5) is 0 Å². The highest BCUT2D eigenvalue weighted by molar-refractivity contribution is 7.92. The summed E-state index contributed by atoms with van der Waals surface area (Å²) in [4.78, 5) is 12.7. The number of sulfonamides is 1. The number of carbonyl (C=O) groups excluding carboxylic acids is 1. The molecule has 1 N–H and O–H groups in total. The van der Waals surface area contributed by atoms with Crippen LogP contribution in [0.2, 0.25) is 0 Å². The van der Waals surface area contributed by atoms with Gasteiger partial charge in [0.2, 0.25) is 0 Å². The lowest BCUT2D eigenvalue weighted by Gasteiger charge is -2.13. The topological polar surface area (TPSA) is 72.5 Å². The van der Waals surface area contributed by atoms with E-state index in [1.807, 2.05) is 11.6 Å². The average Bonchev–Trinajstić information content (AvgIpc) is 2.75. The minimum atomic E-state index is -3.79. The lowest BCUT2D eigenvalue weighted by molar-refractivity contribution is -0.130. The number of aryl methyl sites for hydroxylation is 1. The summed E-state index contributed by atoms with van der Waals surface area (Å²) in [6.45, 7) is 7.90. The van der Waals surface area contributed by atoms with E-state index >= 15 is 0 Å². The molecule has 0 fully saturated rings. The molecule has 1 rings (SSSR count). The van der Waals surface area contributed by atoms with Crippen LogP contribution in [0.5, 0.6) is 0 Å². The van der Waals surface area contributed by atoms with Crippen molar-refractivity contribution in [3.8, 4) is 0 Å². The first-order chi connectivity index (χ1) is 9.22. The molecular formula is C13H21NO4S2. The van der Waals surface area contributed by atoms with E-state index < -0.39 is 22.0 Å². The molecule has 0 bridgehead atoms. The molecule has 0 aromatic carbocycles. The molecule has 0 aliphatic rings. The number of nitrogens with one attached hydrogen (secondary N) is 1. The molecule has 0 radical (unpaired) electrons. The van der Waals surface area contributed by atoms with Crippen LogP contribution in [-0.2, 0) is 19.6 Å². The average molecular weight is 319 g/mol. The summed E-state index contributed by atoms with van der Waals surface area (Å²) in [5.41, 5.74) is 0. The maximum absolute atomic E-state index is 12.0. The Hall–Kier alpha value is -0.920. The highest BCUT2D eigenvalue weighted by atomic mass is 32.2. The van der Waals surface area contributed by atoms with E-state index in [0.717, 1.165) is 22.6 Å². The zero-order valence-electron chi connectivity index (χ0n) is 12.2. The highest BCUT2D eigenvalue weighted by Crippen LogP contribution is 2.20. The van der Waals surface area contributed by atoms with Gasteiger partial charge in [-0.3, -0.25) is 4.79 Å². The number of hydrogen-bond donors (Lipinski definition) is 1. The second-order valence-electron chi connectivity index (χ2n) is 5.03. The molecule has 1 aromatic heterocycles. The molecule has 0 spiro atoms. The number of carbonyl (C=O) groups is 1. The first-order valence-corrected chi connectivity index (χ1v) is 8.77. The molecule has 20 heavy (non-hydrogen) atoms. The van der Waals surface area contributed by atoms with Crippen LogP contribution in [0.1, 0.15) is 32.1 Å². The number of amides is 1. The summed E-state index contributed by atoms with van der Waals surface area (Å²) in [7, 11) is -3.79. The van der Waals surface area contributed by atoms with Crippen LogP contribution >= 0.6 is 11.3 Å². The Bertz CT molecular complexity index is 548. The Labute approximate surface area is 124 Å². The van der Waals surface area contributed by atoms with Gasteiger partial charge in [0.05, 0.1) is 0 Å². The fourth-order valence-corrected chi connectivity index (χ4v) is 3.70. The third-order valence-corrected chi connectivity index (χ3v) is 5.49. The fourth-order valence-electron chi connectivity index (χ4n) is 1.38. The zero-order chi connectivity index (χ0) is 15.3. The first-order valence-electron chi connectivity index (χ1n) is 6.47. The SMILES string of the molecule is Cc1ccc(S(=O)(=O)NC(=O)[C@@H](C)OCCC(C)C)s1. The quantitative estimate of drug-likeness (QED) is 0.837. The summed E-state index contributed by atoms with van der Waals surface area (Å²) in [5.74, 6) is -0.164. The Morgan fingerprint density at radius 2 is 2.00 bits per heavy atom. The lowest BCUT2D eigenvalue weighted by Crippen LogP contribution is -2.38. The van der Waals surface area contributed by atoms with Gasteiger partial charge in [-0.15, -0.1) is 11.3 Å². The molecule has 1 atom stereocenters. The third-order valence-electron chi connectivity index (χ3n) is 2.65. The van der Waals surface area contributed by atoms with Crippen molar-refractivity contribution in [2.24, 2.45) is 5.92 Å². The number of thiophene rings is 1. The first kappa shape index (κ1) is 17.1. The van der Waals surface area contributed by atoms with Crippen LogP contribution in [0.25, 0.3) is 0 Å². The molecule has 0 saturated heterocycles. The molecule has 114 valence electrons. The van der Waals surface area contributed by atoms with Crippen molar-refractivity contribution in [3.63, 3.8) is 0 Å². The predicted molar refractivity (Wildman–Crippen MR) is 79.3 cm³/mol. The normalized spacial score (nSPS) is 13.4. The minimum Gasteiger partial charge on any atom is -0.369 e. The van der Waals surface area contributed by atoms with Gasteiger partial charge in [0.25, 0.3) is 15.9 Å². The van der Waals surface area contributed by atoms with Crippen molar-refractivity contribution >= 4 is 27.3 Å². The minimum absolute atomic E-state index is 0.137. The smallest absolute Gasteiger partial charge is 0.273 e. The largest absolute Gasteiger partial charge is 0.369 e. The number of hydrogen-bond acceptors (Lipinski definition) is 5. The van der Waals surface area contributed by atoms with Crippen LogP contribution in [0.3, 0.4) is 0 Å². The van der Waals surface area contributed by atoms with Crippen molar-refractivity contribution in [1.82, 2.24) is 4.72 Å². The van der Waals surface area contributed by atoms with Crippen molar-refractivity contribution in [2.75, 3.05) is 6.61 Å². The molecular weight excluding hydrogens is 298 g/mol. The lowest BCUT2D eigenvalue weighted by atomic mass is 10.1. The molecule has 1 heterocycles. The molecule has 7 heteroatoms. The van der Waals surface area contributed by atoms with Crippen molar-refractivity contribution in [1.29, 1.82) is 0 Å². The van der Waals surface area contributed by atoms with Crippen molar-refractivity contribution in [2.45, 2.75) is 44.4 Å². The standard InChI is InChI=1S/C13H21NO4S2/c1-9(2)7-8-18-11(4)13(15)14-20(16,17)12-6-5-10(3)19-12/h5-6,9,11H,7-8H2,1-4H3,(H,14,15)/t11-/m1/s1. The van der Waals surface area contributed by atoms with E-state index in [-0.39, 0.29) is 4.21 Å². The van der Waals surface area contributed by atoms with Gasteiger partial charge in [-0.05, 0) is 38.3 Å². The Morgan fingerprint density at radius 1 is 1.35 bits per heavy atom. The van der Waals surface area contributed by atoms with E-state index in [4.69, 9.17) is 4.74 Å². The summed E-state index contributed by atoms with van der Waals surface area (Å²) >= 11 is 1.13. The summed E-state index contributed by atoms with van der Waals surface area (Å²) in [5, 5.41) is 0. The van der Waals surface area contributed by atoms with Gasteiger partial charge in [0, 0.05) is 11.5 Å². The highest BCUT2D eigenvalue weighted by Gasteiger charge is 2.23. The molecule has 1 amide bonds. The van der Waals surface area contributed by atoms with E-state index in [1.54, 1.807) is 13.0 Å². The van der Waals surface area contributed by atoms with Gasteiger partial charge in [0.1, 0.15) is 10.3 Å². The molecule has 0 aliphatic carbocycles. The van der Waals surface area contributed by atoms with E-state index in [9.17, 15) is 13.2 Å². The van der Waals surface area contributed by atoms with E-state index in [1.165, 1.54) is 6.07 Å². The van der Waals surface area contributed by atoms with Crippen LogP contribution < -0.4 is 4.72 Å². The Kier molecular flexibility index (Phi) is 6.16. The zero-order valence-corrected chi connectivity index (χ0v) is 13.8. The van der Waals surface area contributed by atoms with Gasteiger partial charge in [-0.1, -0.05) is 13.8 Å². The van der Waals surface area contributed by atoms with Gasteiger partial charge in [0.15, 0.2) is 0 Å². The monoisotopic (exact) mass is 319 g/mol. The van der Waals surface area contributed by atoms with Crippen LogP contribution in [0.15, 0.2) is 16.3 Å². The van der Waals surface area contributed by atoms with Crippen molar-refractivity contribution in [3.05, 3.63) is 17.0 Å². The van der Waals surface area contributed by atoms with Crippen LogP contribution in [0, 0.1) is 12.8 Å². The summed E-state index contributed by atoms with van der Waals surface area (Å²) in [6.07, 6.45) is 0.0404. The molecule has 1 aromatic rings. The number of rotatable bonds is 7. The van der Waals surface area contributed by atoms with E-state index in [0.29, 0.717) is 12.5 Å². The summed E-state index contributed by atoms with van der Waals surface area (Å²) < 4.78 is 31.4. The molecule has 5 nitrogen and oxygen atoms in total. The van der Waals surface area contributed by atoms with Crippen LogP contribution in [-0.4, -0.2) is 27.0 Å². The molecule has 0 saturated carbocycles. The summed E-state index contributed by atoms with van der Waals surface area (Å²) in [6, 6.07) is 3.19. The molecule has 0 aliphatic heterocycles. The Morgan fingerprint density at radius 3 is 2.50 bits per heavy atom. The second kappa shape index (κ2) is 7.19.